The molecule has 22 heavy (non-hydrogen) atoms. The number of allylic oxidation sites excluding steroid dienone is 1. The van der Waals surface area contributed by atoms with Gasteiger partial charge in [-0.2, -0.15) is 0 Å². The number of methoxy groups -OCH3 is 1. The van der Waals surface area contributed by atoms with Crippen LogP contribution in [0.1, 0.15) is 15.9 Å². The Morgan fingerprint density at radius 3 is 2.59 bits per heavy atom. The van der Waals surface area contributed by atoms with E-state index in [9.17, 15) is 9.18 Å². The lowest BCUT2D eigenvalue weighted by Crippen LogP contribution is -2.06. The highest BCUT2D eigenvalue weighted by molar-refractivity contribution is 6.06. The zero-order valence-corrected chi connectivity index (χ0v) is 12.3. The fourth-order valence-corrected chi connectivity index (χ4v) is 1.84. The second-order valence-corrected chi connectivity index (χ2v) is 4.59. The van der Waals surface area contributed by atoms with Gasteiger partial charge >= 0.3 is 0 Å². The average Bonchev–Trinajstić information content (AvgIpc) is 2.55. The molecule has 0 bridgehead atoms. The lowest BCUT2D eigenvalue weighted by atomic mass is 10.1. The lowest BCUT2D eigenvalue weighted by molar-refractivity contribution is 0.104. The summed E-state index contributed by atoms with van der Waals surface area (Å²) in [6.07, 6.45) is 3.12. The Hall–Kier alpha value is -2.46. The van der Waals surface area contributed by atoms with Crippen LogP contribution in [0.5, 0.6) is 5.75 Å². The summed E-state index contributed by atoms with van der Waals surface area (Å²) in [5, 5.41) is 0. The van der Waals surface area contributed by atoms with Gasteiger partial charge in [-0.25, -0.2) is 4.39 Å². The van der Waals surface area contributed by atoms with Crippen molar-refractivity contribution in [3.8, 4) is 5.75 Å². The van der Waals surface area contributed by atoms with Crippen molar-refractivity contribution in [2.45, 2.75) is 0 Å². The van der Waals surface area contributed by atoms with Crippen LogP contribution in [-0.2, 0) is 4.74 Å². The number of hydrogen-bond acceptors (Lipinski definition) is 3. The third-order valence-corrected chi connectivity index (χ3v) is 2.99. The Morgan fingerprint density at radius 2 is 1.91 bits per heavy atom. The highest BCUT2D eigenvalue weighted by Crippen LogP contribution is 2.19. The van der Waals surface area contributed by atoms with Crippen molar-refractivity contribution >= 4 is 11.9 Å². The first-order valence-electron chi connectivity index (χ1n) is 6.89. The molecule has 0 atom stereocenters. The first kappa shape index (κ1) is 15.9. The van der Waals surface area contributed by atoms with Crippen LogP contribution in [0.25, 0.3) is 6.08 Å². The van der Waals surface area contributed by atoms with Crippen molar-refractivity contribution in [1.29, 1.82) is 0 Å². The number of ketones is 1. The number of ether oxygens (including phenoxy) is 2. The molecule has 2 aromatic carbocycles. The Balaban J connectivity index is 2.04. The normalized spacial score (nSPS) is 10.8. The third kappa shape index (κ3) is 4.53. The van der Waals surface area contributed by atoms with Gasteiger partial charge in [-0.05, 0) is 29.8 Å². The first-order valence-corrected chi connectivity index (χ1v) is 6.89. The van der Waals surface area contributed by atoms with E-state index >= 15 is 0 Å². The molecule has 0 N–H and O–H groups in total. The third-order valence-electron chi connectivity index (χ3n) is 2.99. The SMILES string of the molecule is COCCOc1ccc(C(=O)/C=C/c2ccccc2)cc1F. The lowest BCUT2D eigenvalue weighted by Gasteiger charge is -2.07. The van der Waals surface area contributed by atoms with Crippen molar-refractivity contribution in [2.24, 2.45) is 0 Å². The van der Waals surface area contributed by atoms with E-state index in [4.69, 9.17) is 9.47 Å². The van der Waals surface area contributed by atoms with Gasteiger partial charge in [0.1, 0.15) is 6.61 Å². The molecule has 3 nitrogen and oxygen atoms in total. The van der Waals surface area contributed by atoms with Gasteiger partial charge in [0.2, 0.25) is 0 Å². The summed E-state index contributed by atoms with van der Waals surface area (Å²) in [6, 6.07) is 13.6. The maximum Gasteiger partial charge on any atom is 0.185 e. The standard InChI is InChI=1S/C18H17FO3/c1-21-11-12-22-18-10-8-15(13-16(18)19)17(20)9-7-14-5-3-2-4-6-14/h2-10,13H,11-12H2,1H3/b9-7+. The molecular weight excluding hydrogens is 283 g/mol. The van der Waals surface area contributed by atoms with Crippen LogP contribution in [-0.4, -0.2) is 26.1 Å². The van der Waals surface area contributed by atoms with Crippen molar-refractivity contribution in [2.75, 3.05) is 20.3 Å². The molecule has 0 aromatic heterocycles. The first-order chi connectivity index (χ1) is 10.7. The molecule has 2 aromatic rings. The molecule has 0 saturated heterocycles. The van der Waals surface area contributed by atoms with Gasteiger partial charge in [0.05, 0.1) is 6.61 Å². The minimum atomic E-state index is -0.560. The minimum Gasteiger partial charge on any atom is -0.488 e. The quantitative estimate of drug-likeness (QED) is 0.444. The molecule has 0 heterocycles. The molecule has 114 valence electrons. The van der Waals surface area contributed by atoms with E-state index in [1.165, 1.54) is 18.2 Å². The average molecular weight is 300 g/mol. The number of halogens is 1. The fourth-order valence-electron chi connectivity index (χ4n) is 1.84. The summed E-state index contributed by atoms with van der Waals surface area (Å²) < 4.78 is 23.9. The summed E-state index contributed by atoms with van der Waals surface area (Å²) in [4.78, 5) is 12.0. The summed E-state index contributed by atoms with van der Waals surface area (Å²) in [5.74, 6) is -0.707. The van der Waals surface area contributed by atoms with Crippen molar-refractivity contribution in [1.82, 2.24) is 0 Å². The number of benzene rings is 2. The van der Waals surface area contributed by atoms with Gasteiger partial charge in [-0.1, -0.05) is 36.4 Å². The highest BCUT2D eigenvalue weighted by Gasteiger charge is 2.08. The zero-order valence-electron chi connectivity index (χ0n) is 12.3. The number of carbonyl (C=O) groups is 1. The van der Waals surface area contributed by atoms with Crippen LogP contribution in [0, 0.1) is 5.82 Å². The van der Waals surface area contributed by atoms with E-state index in [0.29, 0.717) is 6.61 Å². The molecule has 0 aliphatic rings. The van der Waals surface area contributed by atoms with Gasteiger partial charge in [0, 0.05) is 12.7 Å². The summed E-state index contributed by atoms with van der Waals surface area (Å²) in [5.41, 5.74) is 1.19. The molecule has 0 spiro atoms. The van der Waals surface area contributed by atoms with Crippen LogP contribution < -0.4 is 4.74 Å². The summed E-state index contributed by atoms with van der Waals surface area (Å²) in [6.45, 7) is 0.633. The van der Waals surface area contributed by atoms with E-state index in [-0.39, 0.29) is 23.7 Å². The smallest absolute Gasteiger partial charge is 0.185 e. The molecule has 4 heteroatoms. The van der Waals surface area contributed by atoms with E-state index < -0.39 is 5.82 Å². The monoisotopic (exact) mass is 300 g/mol. The van der Waals surface area contributed by atoms with E-state index in [0.717, 1.165) is 5.56 Å². The number of hydrogen-bond donors (Lipinski definition) is 0. The summed E-state index contributed by atoms with van der Waals surface area (Å²) in [7, 11) is 1.54. The molecule has 2 rings (SSSR count). The van der Waals surface area contributed by atoms with Crippen LogP contribution in [0.4, 0.5) is 4.39 Å². The van der Waals surface area contributed by atoms with Gasteiger partial charge in [-0.3, -0.25) is 4.79 Å². The zero-order chi connectivity index (χ0) is 15.8. The number of carbonyl (C=O) groups excluding carboxylic acids is 1. The van der Waals surface area contributed by atoms with Crippen molar-refractivity contribution < 1.29 is 18.7 Å². The highest BCUT2D eigenvalue weighted by atomic mass is 19.1. The molecule has 0 amide bonds. The Kier molecular flexibility index (Phi) is 5.86. The molecule has 0 unspecified atom stereocenters. The van der Waals surface area contributed by atoms with Gasteiger partial charge in [0.25, 0.3) is 0 Å². The molecule has 0 aliphatic heterocycles. The summed E-state index contributed by atoms with van der Waals surface area (Å²) >= 11 is 0. The van der Waals surface area contributed by atoms with Crippen LogP contribution in [0.3, 0.4) is 0 Å². The van der Waals surface area contributed by atoms with E-state index in [2.05, 4.69) is 0 Å². The molecule has 0 aliphatic carbocycles. The van der Waals surface area contributed by atoms with Crippen LogP contribution >= 0.6 is 0 Å². The molecule has 0 radical (unpaired) electrons. The van der Waals surface area contributed by atoms with Gasteiger partial charge < -0.3 is 9.47 Å². The van der Waals surface area contributed by atoms with Crippen molar-refractivity contribution in [3.05, 3.63) is 71.6 Å². The second kappa shape index (κ2) is 8.10. The van der Waals surface area contributed by atoms with E-state index in [1.54, 1.807) is 19.3 Å². The molecule has 0 saturated carbocycles. The Morgan fingerprint density at radius 1 is 1.14 bits per heavy atom. The van der Waals surface area contributed by atoms with Crippen LogP contribution in [0.2, 0.25) is 0 Å². The maximum absolute atomic E-state index is 13.9. The van der Waals surface area contributed by atoms with Crippen LogP contribution in [0.15, 0.2) is 54.6 Å². The van der Waals surface area contributed by atoms with Crippen molar-refractivity contribution in [3.63, 3.8) is 0 Å². The topological polar surface area (TPSA) is 35.5 Å². The predicted octanol–water partition coefficient (Wildman–Crippen LogP) is 3.75. The molecular formula is C18H17FO3. The Bertz CT molecular complexity index is 651. The van der Waals surface area contributed by atoms with Gasteiger partial charge in [-0.15, -0.1) is 0 Å². The maximum atomic E-state index is 13.9. The van der Waals surface area contributed by atoms with E-state index in [1.807, 2.05) is 30.3 Å². The Labute approximate surface area is 129 Å². The van der Waals surface area contributed by atoms with Gasteiger partial charge in [0.15, 0.2) is 17.3 Å². The number of rotatable bonds is 7. The minimum absolute atomic E-state index is 0.112. The second-order valence-electron chi connectivity index (χ2n) is 4.59. The molecule has 0 fully saturated rings. The fraction of sp³-hybridized carbons (Fsp3) is 0.167. The largest absolute Gasteiger partial charge is 0.488 e. The predicted molar refractivity (Wildman–Crippen MR) is 83.6 cm³/mol.